The van der Waals surface area contributed by atoms with Crippen LogP contribution in [0.4, 0.5) is 0 Å². The van der Waals surface area contributed by atoms with Gasteiger partial charge in [-0.3, -0.25) is 0 Å². The predicted octanol–water partition coefficient (Wildman–Crippen LogP) is 1.79. The smallest absolute Gasteiger partial charge is 0.161 e. The first-order valence-corrected chi connectivity index (χ1v) is 4.18. The van der Waals surface area contributed by atoms with Crippen molar-refractivity contribution in [2.24, 2.45) is 0 Å². The molecule has 0 saturated carbocycles. The van der Waals surface area contributed by atoms with Crippen molar-refractivity contribution in [2.75, 3.05) is 7.11 Å². The number of benzene rings is 1. The fourth-order valence-corrected chi connectivity index (χ4v) is 1.25. The molecule has 0 fully saturated rings. The number of phenols is 1. The minimum Gasteiger partial charge on any atom is -0.504 e. The number of aromatic amines is 1. The van der Waals surface area contributed by atoms with Crippen molar-refractivity contribution < 1.29 is 9.84 Å². The number of imidazole rings is 1. The van der Waals surface area contributed by atoms with Crippen molar-refractivity contribution in [3.8, 4) is 22.9 Å². The average molecular weight is 190 g/mol. The molecule has 0 unspecified atom stereocenters. The molecule has 0 radical (unpaired) electrons. The molecule has 14 heavy (non-hydrogen) atoms. The van der Waals surface area contributed by atoms with E-state index in [1.807, 2.05) is 0 Å². The standard InChI is InChI=1S/C10H10N2O2/c1-14-9-6-7(2-3-8(9)13)10-11-4-5-12-10/h2-6,13H,1H3,(H,11,12). The number of hydrogen-bond acceptors (Lipinski definition) is 3. The molecule has 4 nitrogen and oxygen atoms in total. The molecule has 0 bridgehead atoms. The molecule has 1 aromatic carbocycles. The molecule has 0 spiro atoms. The topological polar surface area (TPSA) is 58.1 Å². The summed E-state index contributed by atoms with van der Waals surface area (Å²) < 4.78 is 4.99. The van der Waals surface area contributed by atoms with Crippen molar-refractivity contribution >= 4 is 0 Å². The monoisotopic (exact) mass is 190 g/mol. The Morgan fingerprint density at radius 2 is 2.29 bits per heavy atom. The number of phenolic OH excluding ortho intramolecular Hbond substituents is 1. The molecule has 1 aromatic heterocycles. The fourth-order valence-electron chi connectivity index (χ4n) is 1.25. The molecule has 0 atom stereocenters. The Labute approximate surface area is 81.2 Å². The Balaban J connectivity index is 2.46. The lowest BCUT2D eigenvalue weighted by Crippen LogP contribution is -1.86. The van der Waals surface area contributed by atoms with Gasteiger partial charge in [-0.15, -0.1) is 0 Å². The van der Waals surface area contributed by atoms with Gasteiger partial charge in [-0.2, -0.15) is 0 Å². The van der Waals surface area contributed by atoms with E-state index in [9.17, 15) is 5.11 Å². The zero-order valence-electron chi connectivity index (χ0n) is 7.69. The Bertz CT molecular complexity index is 424. The van der Waals surface area contributed by atoms with Crippen molar-refractivity contribution in [3.05, 3.63) is 30.6 Å². The third-order valence-electron chi connectivity index (χ3n) is 1.95. The Morgan fingerprint density at radius 1 is 1.43 bits per heavy atom. The molecule has 0 aliphatic carbocycles. The molecule has 2 aromatic rings. The second kappa shape index (κ2) is 3.41. The summed E-state index contributed by atoms with van der Waals surface area (Å²) >= 11 is 0. The Hall–Kier alpha value is -1.97. The summed E-state index contributed by atoms with van der Waals surface area (Å²) in [6.45, 7) is 0. The highest BCUT2D eigenvalue weighted by Gasteiger charge is 2.05. The maximum Gasteiger partial charge on any atom is 0.161 e. The van der Waals surface area contributed by atoms with Gasteiger partial charge in [0.05, 0.1) is 7.11 Å². The van der Waals surface area contributed by atoms with E-state index in [-0.39, 0.29) is 5.75 Å². The summed E-state index contributed by atoms with van der Waals surface area (Å²) in [6.07, 6.45) is 3.42. The highest BCUT2D eigenvalue weighted by molar-refractivity contribution is 5.60. The number of nitrogens with one attached hydrogen (secondary N) is 1. The number of H-pyrrole nitrogens is 1. The zero-order valence-corrected chi connectivity index (χ0v) is 7.69. The highest BCUT2D eigenvalue weighted by atomic mass is 16.5. The van der Waals surface area contributed by atoms with Gasteiger partial charge in [0.15, 0.2) is 11.5 Å². The van der Waals surface area contributed by atoms with Crippen molar-refractivity contribution in [3.63, 3.8) is 0 Å². The summed E-state index contributed by atoms with van der Waals surface area (Å²) in [5.74, 6) is 1.32. The van der Waals surface area contributed by atoms with Crippen LogP contribution in [0.25, 0.3) is 11.4 Å². The number of ether oxygens (including phenoxy) is 1. The Morgan fingerprint density at radius 3 is 2.93 bits per heavy atom. The number of aromatic hydroxyl groups is 1. The highest BCUT2D eigenvalue weighted by Crippen LogP contribution is 2.29. The van der Waals surface area contributed by atoms with Gasteiger partial charge in [-0.1, -0.05) is 0 Å². The summed E-state index contributed by atoms with van der Waals surface area (Å²) in [5.41, 5.74) is 0.879. The number of aromatic nitrogens is 2. The second-order valence-electron chi connectivity index (χ2n) is 2.82. The molecule has 72 valence electrons. The number of methoxy groups -OCH3 is 1. The van der Waals surface area contributed by atoms with Crippen LogP contribution >= 0.6 is 0 Å². The van der Waals surface area contributed by atoms with Gasteiger partial charge in [-0.25, -0.2) is 4.98 Å². The molecular weight excluding hydrogens is 180 g/mol. The largest absolute Gasteiger partial charge is 0.504 e. The van der Waals surface area contributed by atoms with Crippen LogP contribution in [-0.2, 0) is 0 Å². The zero-order chi connectivity index (χ0) is 9.97. The number of nitrogens with zero attached hydrogens (tertiary/aromatic N) is 1. The van der Waals surface area contributed by atoms with Crippen molar-refractivity contribution in [2.45, 2.75) is 0 Å². The van der Waals surface area contributed by atoms with Crippen LogP contribution in [0.15, 0.2) is 30.6 Å². The minimum absolute atomic E-state index is 0.128. The van der Waals surface area contributed by atoms with Crippen molar-refractivity contribution in [1.29, 1.82) is 0 Å². The lowest BCUT2D eigenvalue weighted by molar-refractivity contribution is 0.373. The number of rotatable bonds is 2. The van der Waals surface area contributed by atoms with Crippen molar-refractivity contribution in [1.82, 2.24) is 9.97 Å². The molecule has 0 saturated heterocycles. The lowest BCUT2D eigenvalue weighted by Gasteiger charge is -2.04. The van der Waals surface area contributed by atoms with Crippen LogP contribution in [0.5, 0.6) is 11.5 Å². The molecule has 0 aliphatic rings. The fraction of sp³-hybridized carbons (Fsp3) is 0.100. The first-order chi connectivity index (χ1) is 6.81. The van der Waals surface area contributed by atoms with E-state index in [1.165, 1.54) is 7.11 Å². The predicted molar refractivity (Wildman–Crippen MR) is 52.2 cm³/mol. The molecule has 4 heteroatoms. The average Bonchev–Trinajstić information content (AvgIpc) is 2.71. The maximum atomic E-state index is 9.38. The molecule has 2 N–H and O–H groups in total. The SMILES string of the molecule is COc1cc(-c2ncc[nH]2)ccc1O. The van der Waals surface area contributed by atoms with E-state index < -0.39 is 0 Å². The van der Waals surface area contributed by atoms with Gasteiger partial charge in [0.25, 0.3) is 0 Å². The molecule has 1 heterocycles. The van der Waals surface area contributed by atoms with Crippen LogP contribution in [0, 0.1) is 0 Å². The summed E-state index contributed by atoms with van der Waals surface area (Å²) in [4.78, 5) is 7.07. The van der Waals surface area contributed by atoms with E-state index in [0.29, 0.717) is 5.75 Å². The summed E-state index contributed by atoms with van der Waals surface area (Å²) in [7, 11) is 1.51. The van der Waals surface area contributed by atoms with E-state index in [1.54, 1.807) is 30.6 Å². The lowest BCUT2D eigenvalue weighted by atomic mass is 10.2. The van der Waals surface area contributed by atoms with Gasteiger partial charge < -0.3 is 14.8 Å². The van der Waals surface area contributed by atoms with Gasteiger partial charge in [0, 0.05) is 18.0 Å². The molecule has 0 aliphatic heterocycles. The molecular formula is C10H10N2O2. The van der Waals surface area contributed by atoms with Crippen LogP contribution in [0.2, 0.25) is 0 Å². The van der Waals surface area contributed by atoms with Gasteiger partial charge in [0.1, 0.15) is 5.82 Å². The third kappa shape index (κ3) is 1.42. The number of hydrogen-bond donors (Lipinski definition) is 2. The normalized spacial score (nSPS) is 10.1. The molecule has 2 rings (SSSR count). The Kier molecular flexibility index (Phi) is 2.10. The van der Waals surface area contributed by atoms with Crippen LogP contribution < -0.4 is 4.74 Å². The second-order valence-corrected chi connectivity index (χ2v) is 2.82. The van der Waals surface area contributed by atoms with E-state index >= 15 is 0 Å². The summed E-state index contributed by atoms with van der Waals surface area (Å²) in [5, 5.41) is 9.38. The first-order valence-electron chi connectivity index (χ1n) is 4.18. The maximum absolute atomic E-state index is 9.38. The third-order valence-corrected chi connectivity index (χ3v) is 1.95. The molecule has 0 amide bonds. The van der Waals surface area contributed by atoms with Gasteiger partial charge >= 0.3 is 0 Å². The van der Waals surface area contributed by atoms with Gasteiger partial charge in [-0.05, 0) is 18.2 Å². The van der Waals surface area contributed by atoms with E-state index in [0.717, 1.165) is 11.4 Å². The summed E-state index contributed by atoms with van der Waals surface area (Å²) in [6, 6.07) is 5.08. The van der Waals surface area contributed by atoms with Crippen LogP contribution in [-0.4, -0.2) is 22.2 Å². The van der Waals surface area contributed by atoms with E-state index in [4.69, 9.17) is 4.74 Å². The van der Waals surface area contributed by atoms with Gasteiger partial charge in [0.2, 0.25) is 0 Å². The van der Waals surface area contributed by atoms with Crippen LogP contribution in [0.1, 0.15) is 0 Å². The quantitative estimate of drug-likeness (QED) is 0.759. The van der Waals surface area contributed by atoms with Crippen LogP contribution in [0.3, 0.4) is 0 Å². The first kappa shape index (κ1) is 8.62. The van der Waals surface area contributed by atoms with E-state index in [2.05, 4.69) is 9.97 Å². The minimum atomic E-state index is 0.128.